The van der Waals surface area contributed by atoms with Crippen molar-refractivity contribution in [3.8, 4) is 0 Å². The number of hydrogen-bond acceptors (Lipinski definition) is 6. The largest absolute Gasteiger partial charge is 0.462 e. The molecule has 23 heavy (non-hydrogen) atoms. The van der Waals surface area contributed by atoms with Gasteiger partial charge in [0.15, 0.2) is 0 Å². The molecule has 0 bridgehead atoms. The van der Waals surface area contributed by atoms with E-state index in [0.29, 0.717) is 5.57 Å². The lowest BCUT2D eigenvalue weighted by Crippen LogP contribution is -2.18. The van der Waals surface area contributed by atoms with E-state index in [1.165, 1.54) is 6.92 Å². The van der Waals surface area contributed by atoms with Crippen LogP contribution in [0.15, 0.2) is 42.5 Å². The Kier molecular flexibility index (Phi) is 8.31. The molecule has 0 unspecified atom stereocenters. The Balaban J connectivity index is 2.10. The Morgan fingerprint density at radius 3 is 2.43 bits per heavy atom. The Morgan fingerprint density at radius 1 is 1.09 bits per heavy atom. The van der Waals surface area contributed by atoms with Crippen LogP contribution >= 0.6 is 0 Å². The second kappa shape index (κ2) is 10.3. The van der Waals surface area contributed by atoms with Crippen LogP contribution in [0.3, 0.4) is 0 Å². The molecule has 1 rings (SSSR count). The van der Waals surface area contributed by atoms with Gasteiger partial charge >= 0.3 is 17.9 Å². The predicted octanol–water partition coefficient (Wildman–Crippen LogP) is 2.17. The Hall–Kier alpha value is -2.47. The first-order valence-electron chi connectivity index (χ1n) is 7.17. The first-order valence-corrected chi connectivity index (χ1v) is 7.17. The molecule has 0 aliphatic carbocycles. The number of benzene rings is 1. The van der Waals surface area contributed by atoms with Gasteiger partial charge in [-0.3, -0.25) is 4.79 Å². The van der Waals surface area contributed by atoms with Gasteiger partial charge in [-0.2, -0.15) is 0 Å². The fourth-order valence-electron chi connectivity index (χ4n) is 1.54. The lowest BCUT2D eigenvalue weighted by molar-refractivity contribution is -0.163. The number of carbonyl (C=O) groups excluding carboxylic acids is 3. The highest BCUT2D eigenvalue weighted by Crippen LogP contribution is 2.01. The monoisotopic (exact) mass is 320 g/mol. The van der Waals surface area contributed by atoms with Crippen molar-refractivity contribution in [2.75, 3.05) is 13.2 Å². The number of carbonyl (C=O) groups is 3. The molecule has 0 saturated carbocycles. The highest BCUT2D eigenvalue weighted by Gasteiger charge is 2.11. The van der Waals surface area contributed by atoms with Crippen molar-refractivity contribution in [2.24, 2.45) is 0 Å². The maximum Gasteiger partial charge on any atom is 0.339 e. The van der Waals surface area contributed by atoms with Crippen molar-refractivity contribution in [3.63, 3.8) is 0 Å². The highest BCUT2D eigenvalue weighted by atomic mass is 16.6. The van der Waals surface area contributed by atoms with Crippen LogP contribution < -0.4 is 0 Å². The molecule has 6 nitrogen and oxygen atoms in total. The average molecular weight is 320 g/mol. The van der Waals surface area contributed by atoms with Crippen LogP contribution in [-0.2, 0) is 35.2 Å². The molecule has 0 N–H and O–H groups in total. The number of ether oxygens (including phenoxy) is 3. The number of rotatable bonds is 9. The average Bonchev–Trinajstić information content (AvgIpc) is 2.52. The fraction of sp³-hybridized carbons (Fsp3) is 0.353. The second-order valence-corrected chi connectivity index (χ2v) is 4.84. The van der Waals surface area contributed by atoms with E-state index in [-0.39, 0.29) is 32.7 Å². The molecule has 0 heterocycles. The molecule has 1 aromatic rings. The standard InChI is InChI=1S/C17H20O6/c1-13(2)17(20)22-10-6-9-15(18)23-16(19)12-21-11-14-7-4-3-5-8-14/h3-5,7-8H,1,6,9-12H2,2H3. The summed E-state index contributed by atoms with van der Waals surface area (Å²) < 4.78 is 14.6. The maximum absolute atomic E-state index is 11.4. The van der Waals surface area contributed by atoms with Crippen molar-refractivity contribution in [1.29, 1.82) is 0 Å². The predicted molar refractivity (Wildman–Crippen MR) is 82.2 cm³/mol. The van der Waals surface area contributed by atoms with Crippen LogP contribution in [0.1, 0.15) is 25.3 Å². The third-order valence-electron chi connectivity index (χ3n) is 2.67. The molecular formula is C17H20O6. The van der Waals surface area contributed by atoms with Crippen molar-refractivity contribution in [3.05, 3.63) is 48.0 Å². The van der Waals surface area contributed by atoms with Crippen LogP contribution in [0.2, 0.25) is 0 Å². The van der Waals surface area contributed by atoms with Gasteiger partial charge in [-0.1, -0.05) is 36.9 Å². The lowest BCUT2D eigenvalue weighted by Gasteiger charge is -2.05. The van der Waals surface area contributed by atoms with Crippen molar-refractivity contribution >= 4 is 17.9 Å². The van der Waals surface area contributed by atoms with E-state index in [2.05, 4.69) is 11.3 Å². The quantitative estimate of drug-likeness (QED) is 0.300. The lowest BCUT2D eigenvalue weighted by atomic mass is 10.2. The van der Waals surface area contributed by atoms with Gasteiger partial charge in [0.25, 0.3) is 0 Å². The van der Waals surface area contributed by atoms with E-state index in [1.807, 2.05) is 30.3 Å². The van der Waals surface area contributed by atoms with Crippen molar-refractivity contribution < 1.29 is 28.6 Å². The molecule has 1 aromatic carbocycles. The van der Waals surface area contributed by atoms with E-state index in [0.717, 1.165) is 5.56 Å². The van der Waals surface area contributed by atoms with E-state index >= 15 is 0 Å². The summed E-state index contributed by atoms with van der Waals surface area (Å²) in [6.07, 6.45) is 0.254. The molecule has 0 fully saturated rings. The first kappa shape index (κ1) is 18.6. The molecule has 0 saturated heterocycles. The molecule has 0 aromatic heterocycles. The molecule has 0 atom stereocenters. The van der Waals surface area contributed by atoms with Gasteiger partial charge in [-0.05, 0) is 18.9 Å². The molecule has 0 radical (unpaired) electrons. The highest BCUT2D eigenvalue weighted by molar-refractivity contribution is 5.87. The summed E-state index contributed by atoms with van der Waals surface area (Å²) in [7, 11) is 0. The van der Waals surface area contributed by atoms with E-state index < -0.39 is 17.9 Å². The number of hydrogen-bond donors (Lipinski definition) is 0. The van der Waals surface area contributed by atoms with Crippen molar-refractivity contribution in [1.82, 2.24) is 0 Å². The fourth-order valence-corrected chi connectivity index (χ4v) is 1.54. The minimum atomic E-state index is -0.745. The minimum Gasteiger partial charge on any atom is -0.462 e. The van der Waals surface area contributed by atoms with Gasteiger partial charge in [0, 0.05) is 12.0 Å². The van der Waals surface area contributed by atoms with Crippen LogP contribution in [-0.4, -0.2) is 31.1 Å². The smallest absolute Gasteiger partial charge is 0.339 e. The van der Waals surface area contributed by atoms with Gasteiger partial charge in [0.05, 0.1) is 13.2 Å². The maximum atomic E-state index is 11.4. The summed E-state index contributed by atoms with van der Waals surface area (Å²) in [6.45, 7) is 5.00. The Labute approximate surface area is 135 Å². The van der Waals surface area contributed by atoms with Crippen LogP contribution in [0, 0.1) is 0 Å². The topological polar surface area (TPSA) is 78.9 Å². The van der Waals surface area contributed by atoms with Crippen LogP contribution in [0.5, 0.6) is 0 Å². The zero-order valence-electron chi connectivity index (χ0n) is 13.1. The van der Waals surface area contributed by atoms with Crippen LogP contribution in [0.4, 0.5) is 0 Å². The molecule has 0 aliphatic heterocycles. The SMILES string of the molecule is C=C(C)C(=O)OCCCC(=O)OC(=O)COCc1ccccc1. The third kappa shape index (κ3) is 8.53. The first-order chi connectivity index (χ1) is 11.0. The summed E-state index contributed by atoms with van der Waals surface area (Å²) in [6, 6.07) is 9.33. The normalized spacial score (nSPS) is 9.96. The van der Waals surface area contributed by atoms with Crippen molar-refractivity contribution in [2.45, 2.75) is 26.4 Å². The molecule has 124 valence electrons. The molecular weight excluding hydrogens is 300 g/mol. The molecule has 0 spiro atoms. The number of esters is 3. The zero-order chi connectivity index (χ0) is 17.1. The van der Waals surface area contributed by atoms with Gasteiger partial charge in [-0.15, -0.1) is 0 Å². The van der Waals surface area contributed by atoms with E-state index in [1.54, 1.807) is 0 Å². The van der Waals surface area contributed by atoms with Gasteiger partial charge in [0.2, 0.25) is 0 Å². The molecule has 6 heteroatoms. The summed E-state index contributed by atoms with van der Waals surface area (Å²) >= 11 is 0. The van der Waals surface area contributed by atoms with E-state index in [4.69, 9.17) is 9.47 Å². The Bertz CT molecular complexity index is 549. The third-order valence-corrected chi connectivity index (χ3v) is 2.67. The van der Waals surface area contributed by atoms with Crippen LogP contribution in [0.25, 0.3) is 0 Å². The molecule has 0 amide bonds. The summed E-state index contributed by atoms with van der Waals surface area (Å²) in [5, 5.41) is 0. The minimum absolute atomic E-state index is 0.0199. The summed E-state index contributed by atoms with van der Waals surface area (Å²) in [4.78, 5) is 33.9. The zero-order valence-corrected chi connectivity index (χ0v) is 13.1. The summed E-state index contributed by atoms with van der Waals surface area (Å²) in [5.41, 5.74) is 1.21. The van der Waals surface area contributed by atoms with Gasteiger partial charge in [-0.25, -0.2) is 9.59 Å². The second-order valence-electron chi connectivity index (χ2n) is 4.84. The van der Waals surface area contributed by atoms with E-state index in [9.17, 15) is 14.4 Å². The Morgan fingerprint density at radius 2 is 1.78 bits per heavy atom. The summed E-state index contributed by atoms with van der Waals surface area (Å²) in [5.74, 6) is -1.93. The van der Waals surface area contributed by atoms with Gasteiger partial charge < -0.3 is 14.2 Å². The molecule has 0 aliphatic rings. The van der Waals surface area contributed by atoms with Gasteiger partial charge in [0.1, 0.15) is 6.61 Å².